The Morgan fingerprint density at radius 2 is 2.00 bits per heavy atom. The summed E-state index contributed by atoms with van der Waals surface area (Å²) in [5.74, 6) is 1.48. The molecule has 1 fully saturated rings. The average molecular weight is 331 g/mol. The van der Waals surface area contributed by atoms with Gasteiger partial charge in [-0.2, -0.15) is 5.10 Å². The van der Waals surface area contributed by atoms with Gasteiger partial charge >= 0.3 is 0 Å². The van der Waals surface area contributed by atoms with Crippen LogP contribution in [-0.4, -0.2) is 33.3 Å². The van der Waals surface area contributed by atoms with Crippen LogP contribution < -0.4 is 5.32 Å². The molecule has 1 saturated heterocycles. The Balaban J connectivity index is 1.57. The minimum Gasteiger partial charge on any atom is -0.340 e. The molecule has 2 aromatic heterocycles. The number of H-pyrrole nitrogens is 2. The Kier molecular flexibility index (Phi) is 3.52. The van der Waals surface area contributed by atoms with Gasteiger partial charge < -0.3 is 10.3 Å². The summed E-state index contributed by atoms with van der Waals surface area (Å²) in [7, 11) is 0. The fourth-order valence-electron chi connectivity index (χ4n) is 3.86. The largest absolute Gasteiger partial charge is 0.340 e. The smallest absolute Gasteiger partial charge is 0.159 e. The highest BCUT2D eigenvalue weighted by atomic mass is 15.1. The zero-order valence-corrected chi connectivity index (χ0v) is 14.0. The molecule has 0 atom stereocenters. The summed E-state index contributed by atoms with van der Waals surface area (Å²) in [5.41, 5.74) is 5.54. The van der Waals surface area contributed by atoms with Gasteiger partial charge in [-0.3, -0.25) is 5.10 Å². The van der Waals surface area contributed by atoms with Gasteiger partial charge in [-0.1, -0.05) is 24.3 Å². The Hall–Kier alpha value is -2.66. The predicted octanol–water partition coefficient (Wildman–Crippen LogP) is 3.55. The topological polar surface area (TPSA) is 69.4 Å². The lowest BCUT2D eigenvalue weighted by Gasteiger charge is -2.23. The van der Waals surface area contributed by atoms with E-state index < -0.39 is 0 Å². The Bertz CT molecular complexity index is 969. The standard InChI is InChI=1S/C20H21N5/c1-2-4-17-18(5-3-1)23-20(22-17)19-15-12-14(6-7-16(15)24-25-19)13-8-10-21-11-9-13/h1-4,6-7,12-13,21H,5,8-11H2,(H,22,23)(H,24,25). The predicted molar refractivity (Wildman–Crippen MR) is 100 cm³/mol. The van der Waals surface area contributed by atoms with Gasteiger partial charge in [0.15, 0.2) is 5.82 Å². The number of rotatable bonds is 2. The number of hydrogen-bond acceptors (Lipinski definition) is 3. The minimum atomic E-state index is 0.634. The van der Waals surface area contributed by atoms with Gasteiger partial charge in [-0.05, 0) is 55.6 Å². The first-order valence-corrected chi connectivity index (χ1v) is 9.00. The molecule has 25 heavy (non-hydrogen) atoms. The fourth-order valence-corrected chi connectivity index (χ4v) is 3.86. The van der Waals surface area contributed by atoms with Crippen molar-refractivity contribution in [1.29, 1.82) is 0 Å². The minimum absolute atomic E-state index is 0.634. The van der Waals surface area contributed by atoms with Crippen LogP contribution in [0, 0.1) is 0 Å². The van der Waals surface area contributed by atoms with E-state index in [1.54, 1.807) is 0 Å². The molecule has 3 N–H and O–H groups in total. The third-order valence-corrected chi connectivity index (χ3v) is 5.26. The highest BCUT2D eigenvalue weighted by molar-refractivity contribution is 5.92. The molecule has 0 bridgehead atoms. The van der Waals surface area contributed by atoms with Crippen LogP contribution in [0.1, 0.15) is 35.7 Å². The first-order chi connectivity index (χ1) is 12.4. The van der Waals surface area contributed by atoms with Crippen molar-refractivity contribution in [3.63, 3.8) is 0 Å². The molecular weight excluding hydrogens is 310 g/mol. The van der Waals surface area contributed by atoms with E-state index in [2.05, 4.69) is 50.8 Å². The zero-order valence-electron chi connectivity index (χ0n) is 14.0. The molecule has 0 amide bonds. The molecule has 5 heteroatoms. The van der Waals surface area contributed by atoms with E-state index in [0.29, 0.717) is 5.92 Å². The van der Waals surface area contributed by atoms with Crippen molar-refractivity contribution in [2.75, 3.05) is 13.1 Å². The summed E-state index contributed by atoms with van der Waals surface area (Å²) in [6, 6.07) is 6.69. The van der Waals surface area contributed by atoms with Crippen LogP contribution in [0.3, 0.4) is 0 Å². The molecular formula is C20H21N5. The van der Waals surface area contributed by atoms with Gasteiger partial charge in [0.2, 0.25) is 0 Å². The lowest BCUT2D eigenvalue weighted by atomic mass is 9.89. The number of aromatic nitrogens is 4. The maximum atomic E-state index is 4.77. The number of piperidine rings is 1. The van der Waals surface area contributed by atoms with Crippen LogP contribution >= 0.6 is 0 Å². The number of nitrogens with zero attached hydrogens (tertiary/aromatic N) is 2. The molecule has 1 aliphatic carbocycles. The Labute approximate surface area is 146 Å². The summed E-state index contributed by atoms with van der Waals surface area (Å²) >= 11 is 0. The van der Waals surface area contributed by atoms with Crippen molar-refractivity contribution in [2.45, 2.75) is 25.2 Å². The number of fused-ring (bicyclic) bond motifs is 2. The molecule has 0 saturated carbocycles. The van der Waals surface area contributed by atoms with Crippen LogP contribution in [-0.2, 0) is 6.42 Å². The van der Waals surface area contributed by atoms with E-state index in [9.17, 15) is 0 Å². The van der Waals surface area contributed by atoms with E-state index in [1.165, 1.54) is 18.4 Å². The van der Waals surface area contributed by atoms with Crippen molar-refractivity contribution in [3.05, 3.63) is 53.4 Å². The highest BCUT2D eigenvalue weighted by Crippen LogP contribution is 2.31. The molecule has 3 heterocycles. The van der Waals surface area contributed by atoms with Crippen LogP contribution in [0.5, 0.6) is 0 Å². The first-order valence-electron chi connectivity index (χ1n) is 9.00. The van der Waals surface area contributed by atoms with Crippen molar-refractivity contribution in [2.24, 2.45) is 0 Å². The number of nitrogens with one attached hydrogen (secondary N) is 3. The zero-order chi connectivity index (χ0) is 16.6. The molecule has 1 aliphatic heterocycles. The number of hydrogen-bond donors (Lipinski definition) is 3. The van der Waals surface area contributed by atoms with Gasteiger partial charge in [0, 0.05) is 17.5 Å². The molecule has 126 valence electrons. The van der Waals surface area contributed by atoms with Crippen LogP contribution in [0.4, 0.5) is 0 Å². The van der Waals surface area contributed by atoms with Crippen molar-refractivity contribution in [3.8, 4) is 11.5 Å². The van der Waals surface area contributed by atoms with Gasteiger partial charge in [0.05, 0.1) is 11.2 Å². The first kappa shape index (κ1) is 14.7. The monoisotopic (exact) mass is 331 g/mol. The number of aromatic amines is 2. The summed E-state index contributed by atoms with van der Waals surface area (Å²) in [5, 5.41) is 12.3. The SMILES string of the molecule is C1=CCc2[nH]c(-c3n[nH]c4ccc(C5CCNCC5)cc34)nc2C=C1. The van der Waals surface area contributed by atoms with E-state index in [0.717, 1.165) is 53.3 Å². The second kappa shape index (κ2) is 6.01. The van der Waals surface area contributed by atoms with Gasteiger partial charge in [0.1, 0.15) is 5.69 Å². The average Bonchev–Trinajstić information content (AvgIpc) is 3.19. The molecule has 3 aromatic rings. The van der Waals surface area contributed by atoms with E-state index >= 15 is 0 Å². The van der Waals surface area contributed by atoms with Crippen molar-refractivity contribution in [1.82, 2.24) is 25.5 Å². The lowest BCUT2D eigenvalue weighted by Crippen LogP contribution is -2.26. The summed E-state index contributed by atoms with van der Waals surface area (Å²) in [6.45, 7) is 2.21. The molecule has 1 aromatic carbocycles. The summed E-state index contributed by atoms with van der Waals surface area (Å²) < 4.78 is 0. The third kappa shape index (κ3) is 2.61. The fraction of sp³-hybridized carbons (Fsp3) is 0.300. The lowest BCUT2D eigenvalue weighted by molar-refractivity contribution is 0.460. The summed E-state index contributed by atoms with van der Waals surface area (Å²) in [4.78, 5) is 8.23. The molecule has 5 nitrogen and oxygen atoms in total. The van der Waals surface area contributed by atoms with Crippen molar-refractivity contribution >= 4 is 17.0 Å². The molecule has 5 rings (SSSR count). The maximum Gasteiger partial charge on any atom is 0.159 e. The second-order valence-corrected chi connectivity index (χ2v) is 6.84. The summed E-state index contributed by atoms with van der Waals surface area (Å²) in [6.07, 6.45) is 11.6. The van der Waals surface area contributed by atoms with E-state index in [4.69, 9.17) is 4.98 Å². The van der Waals surface area contributed by atoms with Crippen LogP contribution in [0.15, 0.2) is 36.4 Å². The number of benzene rings is 1. The quantitative estimate of drug-likeness (QED) is 0.673. The molecule has 2 aliphatic rings. The van der Waals surface area contributed by atoms with E-state index in [-0.39, 0.29) is 0 Å². The number of allylic oxidation sites excluding steroid dienone is 3. The highest BCUT2D eigenvalue weighted by Gasteiger charge is 2.19. The second-order valence-electron chi connectivity index (χ2n) is 6.84. The Morgan fingerprint density at radius 3 is 2.92 bits per heavy atom. The Morgan fingerprint density at radius 1 is 1.08 bits per heavy atom. The third-order valence-electron chi connectivity index (χ3n) is 5.26. The van der Waals surface area contributed by atoms with Gasteiger partial charge in [-0.15, -0.1) is 0 Å². The molecule has 0 spiro atoms. The molecule has 0 radical (unpaired) electrons. The van der Waals surface area contributed by atoms with E-state index in [1.807, 2.05) is 12.2 Å². The van der Waals surface area contributed by atoms with Crippen LogP contribution in [0.25, 0.3) is 28.5 Å². The molecule has 0 unspecified atom stereocenters. The number of imidazole rings is 1. The van der Waals surface area contributed by atoms with Crippen molar-refractivity contribution < 1.29 is 0 Å². The van der Waals surface area contributed by atoms with Crippen LogP contribution in [0.2, 0.25) is 0 Å². The maximum absolute atomic E-state index is 4.77. The van der Waals surface area contributed by atoms with Gasteiger partial charge in [-0.25, -0.2) is 4.98 Å². The normalized spacial score (nSPS) is 17.8. The van der Waals surface area contributed by atoms with Gasteiger partial charge in [0.25, 0.3) is 0 Å².